The molecule has 1 saturated heterocycles. The van der Waals surface area contributed by atoms with E-state index in [0.29, 0.717) is 10.0 Å². The van der Waals surface area contributed by atoms with Crippen molar-refractivity contribution in [1.29, 1.82) is 0 Å². The van der Waals surface area contributed by atoms with E-state index < -0.39 is 4.92 Å². The molecule has 1 aliphatic rings. The molecular weight excluding hydrogens is 362 g/mol. The molecule has 1 aliphatic heterocycles. The lowest BCUT2D eigenvalue weighted by Gasteiger charge is -2.35. The second-order valence-electron chi connectivity index (χ2n) is 5.92. The van der Waals surface area contributed by atoms with E-state index in [9.17, 15) is 15.2 Å². The van der Waals surface area contributed by atoms with Crippen LogP contribution < -0.4 is 5.32 Å². The Balaban J connectivity index is 2.34. The first kappa shape index (κ1) is 18.2. The number of hydrogen-bond acceptors (Lipinski definition) is 5. The van der Waals surface area contributed by atoms with Gasteiger partial charge in [-0.1, -0.05) is 26.2 Å². The van der Waals surface area contributed by atoms with Crippen LogP contribution in [0, 0.1) is 10.1 Å². The molecule has 0 aromatic heterocycles. The Morgan fingerprint density at radius 2 is 2.09 bits per heavy atom. The van der Waals surface area contributed by atoms with Crippen molar-refractivity contribution in [2.75, 3.05) is 26.2 Å². The highest BCUT2D eigenvalue weighted by Crippen LogP contribution is 2.40. The second-order valence-corrected chi connectivity index (χ2v) is 6.77. The van der Waals surface area contributed by atoms with Crippen LogP contribution >= 0.6 is 15.9 Å². The number of phenols is 1. The Kier molecular flexibility index (Phi) is 6.80. The zero-order valence-electron chi connectivity index (χ0n) is 13.4. The Morgan fingerprint density at radius 3 is 2.70 bits per heavy atom. The van der Waals surface area contributed by atoms with Gasteiger partial charge in [-0.3, -0.25) is 15.0 Å². The smallest absolute Gasteiger partial charge is 0.271 e. The minimum atomic E-state index is -0.408. The third kappa shape index (κ3) is 4.65. The molecule has 0 spiro atoms. The van der Waals surface area contributed by atoms with Gasteiger partial charge in [0.2, 0.25) is 0 Å². The van der Waals surface area contributed by atoms with Gasteiger partial charge < -0.3 is 10.4 Å². The van der Waals surface area contributed by atoms with Crippen LogP contribution in [0.3, 0.4) is 0 Å². The fourth-order valence-electron chi connectivity index (χ4n) is 3.08. The van der Waals surface area contributed by atoms with Crippen molar-refractivity contribution in [1.82, 2.24) is 10.2 Å². The predicted octanol–water partition coefficient (Wildman–Crippen LogP) is 3.59. The van der Waals surface area contributed by atoms with Crippen molar-refractivity contribution in [2.45, 2.75) is 38.6 Å². The summed E-state index contributed by atoms with van der Waals surface area (Å²) in [6, 6.07) is 2.90. The van der Waals surface area contributed by atoms with Crippen molar-refractivity contribution < 1.29 is 10.0 Å². The van der Waals surface area contributed by atoms with E-state index >= 15 is 0 Å². The largest absolute Gasteiger partial charge is 0.506 e. The minimum Gasteiger partial charge on any atom is -0.506 e. The van der Waals surface area contributed by atoms with E-state index in [1.807, 2.05) is 0 Å². The van der Waals surface area contributed by atoms with E-state index in [2.05, 4.69) is 33.1 Å². The molecule has 0 amide bonds. The fraction of sp³-hybridized carbons (Fsp3) is 0.625. The molecule has 1 atom stereocenters. The average molecular weight is 386 g/mol. The quantitative estimate of drug-likeness (QED) is 0.425. The lowest BCUT2D eigenvalue weighted by atomic mass is 9.96. The number of unbranched alkanes of at least 4 members (excludes halogenated alkanes) is 2. The van der Waals surface area contributed by atoms with Gasteiger partial charge in [-0.15, -0.1) is 0 Å². The molecule has 0 radical (unpaired) electrons. The normalized spacial score (nSPS) is 17.1. The van der Waals surface area contributed by atoms with Crippen molar-refractivity contribution in [3.63, 3.8) is 0 Å². The van der Waals surface area contributed by atoms with Gasteiger partial charge in [-0.25, -0.2) is 0 Å². The maximum atomic E-state index is 11.2. The van der Waals surface area contributed by atoms with Crippen LogP contribution in [0.15, 0.2) is 16.6 Å². The first-order valence-corrected chi connectivity index (χ1v) is 8.95. The third-order valence-electron chi connectivity index (χ3n) is 4.32. The van der Waals surface area contributed by atoms with Crippen LogP contribution in [-0.2, 0) is 0 Å². The Bertz CT molecular complexity index is 548. The van der Waals surface area contributed by atoms with E-state index in [0.717, 1.165) is 51.9 Å². The van der Waals surface area contributed by atoms with Gasteiger partial charge in [0.05, 0.1) is 9.40 Å². The first-order valence-electron chi connectivity index (χ1n) is 8.16. The maximum Gasteiger partial charge on any atom is 0.271 e. The van der Waals surface area contributed by atoms with E-state index in [1.165, 1.54) is 12.1 Å². The molecule has 0 aliphatic carbocycles. The van der Waals surface area contributed by atoms with E-state index in [1.54, 1.807) is 0 Å². The maximum absolute atomic E-state index is 11.2. The molecule has 1 fully saturated rings. The van der Waals surface area contributed by atoms with Gasteiger partial charge in [0, 0.05) is 49.9 Å². The highest BCUT2D eigenvalue weighted by molar-refractivity contribution is 9.10. The number of hydrogen-bond donors (Lipinski definition) is 2. The number of nitro benzene ring substituents is 1. The summed E-state index contributed by atoms with van der Waals surface area (Å²) >= 11 is 3.25. The monoisotopic (exact) mass is 385 g/mol. The number of nitrogens with one attached hydrogen (secondary N) is 1. The Morgan fingerprint density at radius 1 is 1.39 bits per heavy atom. The SMILES string of the molecule is CCCCC[C@@H](c1cc([N+](=O)[O-])cc(Br)c1O)N1CCNCC1. The van der Waals surface area contributed by atoms with E-state index in [-0.39, 0.29) is 17.5 Å². The molecule has 7 heteroatoms. The highest BCUT2D eigenvalue weighted by Gasteiger charge is 2.27. The molecule has 1 aromatic carbocycles. The van der Waals surface area contributed by atoms with E-state index in [4.69, 9.17) is 0 Å². The molecule has 23 heavy (non-hydrogen) atoms. The van der Waals surface area contributed by atoms with Gasteiger partial charge in [-0.2, -0.15) is 0 Å². The summed E-state index contributed by atoms with van der Waals surface area (Å²) in [6.45, 7) is 5.73. The molecule has 2 N–H and O–H groups in total. The number of nitro groups is 1. The zero-order valence-corrected chi connectivity index (χ0v) is 15.0. The van der Waals surface area contributed by atoms with Crippen molar-refractivity contribution in [3.8, 4) is 5.75 Å². The number of aromatic hydroxyl groups is 1. The minimum absolute atomic E-state index is 0.0137. The van der Waals surface area contributed by atoms with Crippen molar-refractivity contribution in [3.05, 3.63) is 32.3 Å². The molecule has 1 aromatic rings. The molecule has 6 nitrogen and oxygen atoms in total. The molecule has 0 bridgehead atoms. The number of phenolic OH excluding ortho intramolecular Hbond substituents is 1. The van der Waals surface area contributed by atoms with Crippen LogP contribution in [0.2, 0.25) is 0 Å². The lowest BCUT2D eigenvalue weighted by molar-refractivity contribution is -0.385. The molecular formula is C16H24BrN3O3. The second kappa shape index (κ2) is 8.61. The van der Waals surface area contributed by atoms with Gasteiger partial charge >= 0.3 is 0 Å². The standard InChI is InChI=1S/C16H24BrN3O3/c1-2-3-4-5-15(19-8-6-18-7-9-19)13-10-12(20(22)23)11-14(17)16(13)21/h10-11,15,18,21H,2-9H2,1H3/t15-/m0/s1. The van der Waals surface area contributed by atoms with Crippen LogP contribution in [0.25, 0.3) is 0 Å². The van der Waals surface area contributed by atoms with Crippen LogP contribution in [0.5, 0.6) is 5.75 Å². The molecule has 0 saturated carbocycles. The summed E-state index contributed by atoms with van der Waals surface area (Å²) in [4.78, 5) is 13.1. The van der Waals surface area contributed by atoms with Gasteiger partial charge in [-0.05, 0) is 22.4 Å². The molecule has 1 heterocycles. The summed E-state index contributed by atoms with van der Waals surface area (Å²) in [7, 11) is 0. The lowest BCUT2D eigenvalue weighted by Crippen LogP contribution is -2.45. The number of halogens is 1. The van der Waals surface area contributed by atoms with Crippen LogP contribution in [-0.4, -0.2) is 41.1 Å². The molecule has 0 unspecified atom stereocenters. The summed E-state index contributed by atoms with van der Waals surface area (Å²) in [6.07, 6.45) is 4.19. The summed E-state index contributed by atoms with van der Waals surface area (Å²) in [5, 5.41) is 24.9. The zero-order chi connectivity index (χ0) is 16.8. The number of piperazine rings is 1. The number of benzene rings is 1. The molecule has 128 valence electrons. The Hall–Kier alpha value is -1.18. The number of rotatable bonds is 7. The predicted molar refractivity (Wildman–Crippen MR) is 93.8 cm³/mol. The third-order valence-corrected chi connectivity index (χ3v) is 4.93. The average Bonchev–Trinajstić information content (AvgIpc) is 2.55. The van der Waals surface area contributed by atoms with Crippen LogP contribution in [0.4, 0.5) is 5.69 Å². The summed E-state index contributed by atoms with van der Waals surface area (Å²) in [5.41, 5.74) is 0.671. The van der Waals surface area contributed by atoms with Gasteiger partial charge in [0.1, 0.15) is 5.75 Å². The summed E-state index contributed by atoms with van der Waals surface area (Å²) < 4.78 is 0.386. The molecule has 2 rings (SSSR count). The fourth-order valence-corrected chi connectivity index (χ4v) is 3.54. The number of nitrogens with zero attached hydrogens (tertiary/aromatic N) is 2. The van der Waals surface area contributed by atoms with Crippen molar-refractivity contribution >= 4 is 21.6 Å². The first-order chi connectivity index (χ1) is 11.0. The van der Waals surface area contributed by atoms with Gasteiger partial charge in [0.25, 0.3) is 5.69 Å². The van der Waals surface area contributed by atoms with Gasteiger partial charge in [0.15, 0.2) is 0 Å². The Labute approximate surface area is 145 Å². The highest BCUT2D eigenvalue weighted by atomic mass is 79.9. The summed E-state index contributed by atoms with van der Waals surface area (Å²) in [5.74, 6) is 0.121. The topological polar surface area (TPSA) is 78.6 Å². The van der Waals surface area contributed by atoms with Crippen LogP contribution in [0.1, 0.15) is 44.2 Å². The van der Waals surface area contributed by atoms with Crippen molar-refractivity contribution in [2.24, 2.45) is 0 Å². The number of non-ortho nitro benzene ring substituents is 1.